The molecule has 1 aliphatic rings. The summed E-state index contributed by atoms with van der Waals surface area (Å²) in [5.41, 5.74) is 6.30. The molecule has 1 saturated heterocycles. The van der Waals surface area contributed by atoms with Crippen molar-refractivity contribution >= 4 is 29.7 Å². The number of amides is 3. The van der Waals surface area contributed by atoms with Crippen molar-refractivity contribution in [2.45, 2.75) is 58.2 Å². The highest BCUT2D eigenvalue weighted by atomic mass is 17.2. The molecule has 0 saturated carbocycles. The third kappa shape index (κ3) is 9.06. The molecule has 13 nitrogen and oxygen atoms in total. The van der Waals surface area contributed by atoms with Crippen LogP contribution in [0.5, 0.6) is 0 Å². The van der Waals surface area contributed by atoms with Crippen LogP contribution in [-0.2, 0) is 24.1 Å². The quantitative estimate of drug-likeness (QED) is 0.0855. The highest BCUT2D eigenvalue weighted by Gasteiger charge is 2.34. The molecule has 198 valence electrons. The minimum absolute atomic E-state index is 0.0890. The average Bonchev–Trinajstić information content (AvgIpc) is 2.87. The lowest BCUT2D eigenvalue weighted by molar-refractivity contribution is -0.303. The summed E-state index contributed by atoms with van der Waals surface area (Å²) >= 11 is 0. The normalized spacial score (nSPS) is 17.7. The fourth-order valence-electron chi connectivity index (χ4n) is 3.59. The number of hydrogen-bond acceptors (Lipinski definition) is 9. The van der Waals surface area contributed by atoms with Crippen LogP contribution in [0.25, 0.3) is 0 Å². The summed E-state index contributed by atoms with van der Waals surface area (Å²) in [5, 5.41) is 17.1. The van der Waals surface area contributed by atoms with E-state index in [-0.39, 0.29) is 31.2 Å². The summed E-state index contributed by atoms with van der Waals surface area (Å²) in [6, 6.07) is 6.09. The van der Waals surface area contributed by atoms with Gasteiger partial charge in [0.15, 0.2) is 5.84 Å². The van der Waals surface area contributed by atoms with Crippen LogP contribution in [0.15, 0.2) is 29.4 Å². The molecule has 3 amide bonds. The predicted octanol–water partition coefficient (Wildman–Crippen LogP) is 1.24. The van der Waals surface area contributed by atoms with E-state index >= 15 is 0 Å². The first-order valence-corrected chi connectivity index (χ1v) is 11.7. The Morgan fingerprint density at radius 3 is 2.50 bits per heavy atom. The third-order valence-electron chi connectivity index (χ3n) is 5.39. The number of likely N-dealkylation sites (tertiary alicyclic amines) is 1. The Balaban J connectivity index is 1.99. The Hall–Kier alpha value is -3.87. The molecule has 2 atom stereocenters. The van der Waals surface area contributed by atoms with Gasteiger partial charge >= 0.3 is 12.1 Å². The number of ether oxygens (including phenoxy) is 1. The average molecular weight is 508 g/mol. The van der Waals surface area contributed by atoms with Crippen molar-refractivity contribution < 1.29 is 38.9 Å². The minimum atomic E-state index is -0.694. The number of nitrogens with one attached hydrogen (secondary N) is 2. The Labute approximate surface area is 208 Å². The van der Waals surface area contributed by atoms with E-state index in [1.165, 1.54) is 31.2 Å². The van der Waals surface area contributed by atoms with E-state index in [2.05, 4.69) is 20.7 Å². The molecule has 1 aromatic rings. The van der Waals surface area contributed by atoms with E-state index in [1.807, 2.05) is 0 Å². The van der Waals surface area contributed by atoms with Crippen molar-refractivity contribution in [3.8, 4) is 0 Å². The van der Waals surface area contributed by atoms with Crippen LogP contribution >= 0.6 is 0 Å². The molecule has 5 N–H and O–H groups in total. The Morgan fingerprint density at radius 1 is 1.17 bits per heavy atom. The number of rotatable bonds is 11. The summed E-state index contributed by atoms with van der Waals surface area (Å²) in [6.07, 6.45) is 0.287. The number of nitrogens with two attached hydrogens (primary N) is 1. The van der Waals surface area contributed by atoms with Gasteiger partial charge in [0.2, 0.25) is 5.91 Å². The zero-order valence-electron chi connectivity index (χ0n) is 20.4. The summed E-state index contributed by atoms with van der Waals surface area (Å²) in [5.74, 6) is -1.29. The molecule has 0 radical (unpaired) electrons. The summed E-state index contributed by atoms with van der Waals surface area (Å²) in [7, 11) is 0. The lowest BCUT2D eigenvalue weighted by Crippen LogP contribution is -2.56. The van der Waals surface area contributed by atoms with Crippen molar-refractivity contribution in [3.63, 3.8) is 0 Å². The fraction of sp³-hybridized carbons (Fsp3) is 0.522. The second-order valence-electron chi connectivity index (χ2n) is 8.06. The summed E-state index contributed by atoms with van der Waals surface area (Å²) in [6.45, 7) is 3.88. The maximum absolute atomic E-state index is 12.9. The number of hydrogen-bond donors (Lipinski definition) is 4. The van der Waals surface area contributed by atoms with Crippen molar-refractivity contribution in [3.05, 3.63) is 35.4 Å². The van der Waals surface area contributed by atoms with Crippen LogP contribution in [0.3, 0.4) is 0 Å². The SMILES string of the molecule is CCOC(=O)NCCCCC(=O)N1CCC(OOC(C)=O)CC1NC(=O)c1ccc(/C(N)=N\O)cc1. The van der Waals surface area contributed by atoms with Gasteiger partial charge in [-0.15, -0.1) is 0 Å². The number of piperidine rings is 1. The van der Waals surface area contributed by atoms with Crippen molar-refractivity contribution in [1.82, 2.24) is 15.5 Å². The highest BCUT2D eigenvalue weighted by molar-refractivity contribution is 5.99. The molecule has 0 aliphatic carbocycles. The van der Waals surface area contributed by atoms with Gasteiger partial charge in [0.25, 0.3) is 5.91 Å². The topological polar surface area (TPSA) is 182 Å². The summed E-state index contributed by atoms with van der Waals surface area (Å²) < 4.78 is 4.79. The Bertz CT molecular complexity index is 937. The standard InChI is InChI=1S/C23H33N5O8/c1-3-34-23(32)25-12-5-4-6-20(30)28-13-11-18(36-35-15(2)29)14-19(28)26-22(31)17-9-7-16(8-10-17)21(24)27-33/h7-10,18-19,33H,3-6,11-14H2,1-2H3,(H2,24,27)(H,25,32)(H,26,31). The maximum atomic E-state index is 12.9. The predicted molar refractivity (Wildman–Crippen MR) is 127 cm³/mol. The molecular formula is C23H33N5O8. The molecular weight excluding hydrogens is 474 g/mol. The number of benzene rings is 1. The van der Waals surface area contributed by atoms with E-state index in [0.717, 1.165) is 0 Å². The lowest BCUT2D eigenvalue weighted by Gasteiger charge is -2.39. The van der Waals surface area contributed by atoms with Crippen LogP contribution in [-0.4, -0.2) is 71.8 Å². The molecule has 0 spiro atoms. The fourth-order valence-corrected chi connectivity index (χ4v) is 3.59. The number of alkyl carbamates (subject to hydrolysis) is 1. The Kier molecular flexibility index (Phi) is 11.4. The van der Waals surface area contributed by atoms with E-state index < -0.39 is 30.2 Å². The number of unbranched alkanes of at least 4 members (excludes halogenated alkanes) is 1. The zero-order valence-corrected chi connectivity index (χ0v) is 20.4. The number of nitrogens with zero attached hydrogens (tertiary/aromatic N) is 2. The molecule has 1 heterocycles. The second kappa shape index (κ2) is 14.5. The van der Waals surface area contributed by atoms with Gasteiger partial charge in [0.05, 0.1) is 6.61 Å². The lowest BCUT2D eigenvalue weighted by atomic mass is 10.0. The van der Waals surface area contributed by atoms with Crippen LogP contribution in [0.4, 0.5) is 4.79 Å². The van der Waals surface area contributed by atoms with E-state index in [9.17, 15) is 19.2 Å². The minimum Gasteiger partial charge on any atom is -0.450 e. The first kappa shape index (κ1) is 28.4. The van der Waals surface area contributed by atoms with Crippen molar-refractivity contribution in [1.29, 1.82) is 0 Å². The van der Waals surface area contributed by atoms with Gasteiger partial charge in [0, 0.05) is 44.0 Å². The van der Waals surface area contributed by atoms with Crippen molar-refractivity contribution in [2.75, 3.05) is 19.7 Å². The van der Waals surface area contributed by atoms with Gasteiger partial charge < -0.3 is 31.2 Å². The molecule has 1 aromatic carbocycles. The van der Waals surface area contributed by atoms with Crippen LogP contribution < -0.4 is 16.4 Å². The van der Waals surface area contributed by atoms with E-state index in [1.54, 1.807) is 11.8 Å². The maximum Gasteiger partial charge on any atom is 0.407 e. The zero-order chi connectivity index (χ0) is 26.5. The molecule has 13 heteroatoms. The van der Waals surface area contributed by atoms with Gasteiger partial charge in [0.1, 0.15) is 12.3 Å². The third-order valence-corrected chi connectivity index (χ3v) is 5.39. The first-order chi connectivity index (χ1) is 17.2. The first-order valence-electron chi connectivity index (χ1n) is 11.7. The van der Waals surface area contributed by atoms with Crippen LogP contribution in [0.2, 0.25) is 0 Å². The van der Waals surface area contributed by atoms with Crippen molar-refractivity contribution in [2.24, 2.45) is 10.9 Å². The monoisotopic (exact) mass is 507 g/mol. The largest absolute Gasteiger partial charge is 0.450 e. The smallest absolute Gasteiger partial charge is 0.407 e. The van der Waals surface area contributed by atoms with Gasteiger partial charge in [-0.05, 0) is 38.3 Å². The highest BCUT2D eigenvalue weighted by Crippen LogP contribution is 2.21. The Morgan fingerprint density at radius 2 is 1.86 bits per heavy atom. The van der Waals surface area contributed by atoms with Gasteiger partial charge in [-0.3, -0.25) is 14.5 Å². The number of carbonyl (C=O) groups is 4. The molecule has 36 heavy (non-hydrogen) atoms. The van der Waals surface area contributed by atoms with E-state index in [0.29, 0.717) is 43.5 Å². The number of carbonyl (C=O) groups excluding carboxylic acids is 4. The molecule has 1 aliphatic heterocycles. The van der Waals surface area contributed by atoms with Crippen LogP contribution in [0.1, 0.15) is 61.9 Å². The van der Waals surface area contributed by atoms with Crippen LogP contribution in [0, 0.1) is 0 Å². The molecule has 0 bridgehead atoms. The van der Waals surface area contributed by atoms with Gasteiger partial charge in [-0.2, -0.15) is 4.89 Å². The summed E-state index contributed by atoms with van der Waals surface area (Å²) in [4.78, 5) is 59.6. The molecule has 2 rings (SSSR count). The van der Waals surface area contributed by atoms with Gasteiger partial charge in [-0.1, -0.05) is 17.3 Å². The molecule has 0 aromatic heterocycles. The number of oxime groups is 1. The molecule has 2 unspecified atom stereocenters. The molecule has 1 fully saturated rings. The van der Waals surface area contributed by atoms with Gasteiger partial charge in [-0.25, -0.2) is 9.59 Å². The second-order valence-corrected chi connectivity index (χ2v) is 8.06. The van der Waals surface area contributed by atoms with E-state index in [4.69, 9.17) is 20.6 Å². The number of amidine groups is 1.